The minimum atomic E-state index is -0.152. The first-order valence-corrected chi connectivity index (χ1v) is 8.71. The van der Waals surface area contributed by atoms with E-state index >= 15 is 0 Å². The Labute approximate surface area is 153 Å². The molecule has 0 saturated heterocycles. The molecule has 1 fully saturated rings. The van der Waals surface area contributed by atoms with Crippen LogP contribution in [0, 0.1) is 5.82 Å². The van der Waals surface area contributed by atoms with Crippen LogP contribution in [0.5, 0.6) is 11.5 Å². The molecule has 2 atom stereocenters. The number of methoxy groups -OCH3 is 1. The van der Waals surface area contributed by atoms with Gasteiger partial charge in [-0.1, -0.05) is 18.2 Å². The first kappa shape index (κ1) is 18.0. The third-order valence-electron chi connectivity index (χ3n) is 4.37. The first-order chi connectivity index (χ1) is 12.7. The summed E-state index contributed by atoms with van der Waals surface area (Å²) >= 11 is 0. The van der Waals surface area contributed by atoms with Crippen molar-refractivity contribution in [2.75, 3.05) is 26.1 Å². The highest BCUT2D eigenvalue weighted by atomic mass is 19.1. The topological polar surface area (TPSA) is 54.9 Å². The Morgan fingerprint density at radius 1 is 1.23 bits per heavy atom. The van der Waals surface area contributed by atoms with E-state index in [-0.39, 0.29) is 17.8 Å². The zero-order valence-electron chi connectivity index (χ0n) is 15.3. The van der Waals surface area contributed by atoms with E-state index in [0.717, 1.165) is 17.7 Å². The molecule has 2 aromatic carbocycles. The molecule has 5 nitrogen and oxygen atoms in total. The highest BCUT2D eigenvalue weighted by Crippen LogP contribution is 2.41. The summed E-state index contributed by atoms with van der Waals surface area (Å²) in [5.74, 6) is 2.01. The summed E-state index contributed by atoms with van der Waals surface area (Å²) in [5, 5.41) is 6.58. The highest BCUT2D eigenvalue weighted by molar-refractivity contribution is 5.94. The van der Waals surface area contributed by atoms with Crippen molar-refractivity contribution >= 4 is 11.6 Å². The van der Waals surface area contributed by atoms with E-state index in [4.69, 9.17) is 9.47 Å². The van der Waals surface area contributed by atoms with Gasteiger partial charge in [-0.2, -0.15) is 0 Å². The first-order valence-electron chi connectivity index (χ1n) is 8.71. The molecule has 0 spiro atoms. The maximum atomic E-state index is 13.9. The van der Waals surface area contributed by atoms with Crippen LogP contribution < -0.4 is 20.1 Å². The number of benzene rings is 2. The molecule has 2 N–H and O–H groups in total. The van der Waals surface area contributed by atoms with Gasteiger partial charge in [-0.25, -0.2) is 4.39 Å². The number of guanidine groups is 1. The van der Waals surface area contributed by atoms with Gasteiger partial charge in [-0.05, 0) is 37.1 Å². The predicted octanol–water partition coefficient (Wildman–Crippen LogP) is 3.78. The van der Waals surface area contributed by atoms with E-state index in [0.29, 0.717) is 24.1 Å². The van der Waals surface area contributed by atoms with Crippen LogP contribution in [-0.4, -0.2) is 32.8 Å². The van der Waals surface area contributed by atoms with Crippen LogP contribution >= 0.6 is 0 Å². The van der Waals surface area contributed by atoms with Gasteiger partial charge in [0, 0.05) is 30.8 Å². The number of anilines is 1. The summed E-state index contributed by atoms with van der Waals surface area (Å²) in [6.07, 6.45) is 0.883. The molecule has 0 amide bonds. The lowest BCUT2D eigenvalue weighted by Crippen LogP contribution is -2.33. The van der Waals surface area contributed by atoms with Gasteiger partial charge in [0.1, 0.15) is 5.82 Å². The molecule has 138 valence electrons. The SMILES string of the molecule is CCOc1ccc(NC(=NC)NC2CC2c2ccccc2F)cc1OC. The molecule has 0 aliphatic heterocycles. The Balaban J connectivity index is 1.63. The number of hydrogen-bond donors (Lipinski definition) is 2. The number of nitrogens with one attached hydrogen (secondary N) is 2. The summed E-state index contributed by atoms with van der Waals surface area (Å²) in [4.78, 5) is 4.26. The van der Waals surface area contributed by atoms with Gasteiger partial charge < -0.3 is 20.1 Å². The van der Waals surface area contributed by atoms with Gasteiger partial charge in [0.2, 0.25) is 0 Å². The monoisotopic (exact) mass is 357 g/mol. The highest BCUT2D eigenvalue weighted by Gasteiger charge is 2.40. The molecule has 1 aliphatic carbocycles. The molecule has 0 aromatic heterocycles. The van der Waals surface area contributed by atoms with Crippen LogP contribution in [-0.2, 0) is 0 Å². The molecule has 0 heterocycles. The van der Waals surface area contributed by atoms with Crippen molar-refractivity contribution < 1.29 is 13.9 Å². The zero-order valence-corrected chi connectivity index (χ0v) is 15.3. The minimum absolute atomic E-state index is 0.152. The summed E-state index contributed by atoms with van der Waals surface area (Å²) in [7, 11) is 3.32. The average Bonchev–Trinajstić information content (AvgIpc) is 3.41. The predicted molar refractivity (Wildman–Crippen MR) is 102 cm³/mol. The maximum Gasteiger partial charge on any atom is 0.195 e. The number of halogens is 1. The largest absolute Gasteiger partial charge is 0.493 e. The fourth-order valence-electron chi connectivity index (χ4n) is 2.96. The lowest BCUT2D eigenvalue weighted by Gasteiger charge is -2.14. The number of nitrogens with zero attached hydrogens (tertiary/aromatic N) is 1. The molecule has 6 heteroatoms. The summed E-state index contributed by atoms with van der Waals surface area (Å²) in [5.41, 5.74) is 1.59. The van der Waals surface area contributed by atoms with E-state index < -0.39 is 0 Å². The van der Waals surface area contributed by atoms with Gasteiger partial charge in [-0.3, -0.25) is 4.99 Å². The molecule has 0 radical (unpaired) electrons. The van der Waals surface area contributed by atoms with Crippen molar-refractivity contribution in [1.29, 1.82) is 0 Å². The Hall–Kier alpha value is -2.76. The molecule has 26 heavy (non-hydrogen) atoms. The Morgan fingerprint density at radius 3 is 2.73 bits per heavy atom. The van der Waals surface area contributed by atoms with Gasteiger partial charge in [-0.15, -0.1) is 0 Å². The lowest BCUT2D eigenvalue weighted by molar-refractivity contribution is 0.311. The second-order valence-electron chi connectivity index (χ2n) is 6.11. The molecule has 0 bridgehead atoms. The lowest BCUT2D eigenvalue weighted by atomic mass is 10.1. The number of aliphatic imine (C=N–C) groups is 1. The maximum absolute atomic E-state index is 13.9. The molecule has 3 rings (SSSR count). The van der Waals surface area contributed by atoms with Gasteiger partial charge in [0.15, 0.2) is 17.5 Å². The van der Waals surface area contributed by atoms with Gasteiger partial charge in [0.25, 0.3) is 0 Å². The smallest absolute Gasteiger partial charge is 0.195 e. The van der Waals surface area contributed by atoms with E-state index in [2.05, 4.69) is 15.6 Å². The number of rotatable bonds is 6. The van der Waals surface area contributed by atoms with E-state index in [9.17, 15) is 4.39 Å². The summed E-state index contributed by atoms with van der Waals surface area (Å²) in [6, 6.07) is 12.7. The molecule has 1 aliphatic rings. The van der Waals surface area contributed by atoms with Gasteiger partial charge >= 0.3 is 0 Å². The normalized spacial score (nSPS) is 19.0. The molecule has 2 unspecified atom stereocenters. The van der Waals surface area contributed by atoms with Crippen LogP contribution in [0.3, 0.4) is 0 Å². The van der Waals surface area contributed by atoms with Crippen molar-refractivity contribution in [2.24, 2.45) is 4.99 Å². The number of ether oxygens (including phenoxy) is 2. The minimum Gasteiger partial charge on any atom is -0.493 e. The second kappa shape index (κ2) is 8.08. The second-order valence-corrected chi connectivity index (χ2v) is 6.11. The average molecular weight is 357 g/mol. The van der Waals surface area contributed by atoms with Crippen molar-refractivity contribution in [3.8, 4) is 11.5 Å². The number of hydrogen-bond acceptors (Lipinski definition) is 3. The Bertz CT molecular complexity index is 794. The van der Waals surface area contributed by atoms with Gasteiger partial charge in [0.05, 0.1) is 13.7 Å². The molecule has 2 aromatic rings. The van der Waals surface area contributed by atoms with Crippen molar-refractivity contribution in [2.45, 2.75) is 25.3 Å². The third-order valence-corrected chi connectivity index (χ3v) is 4.37. The van der Waals surface area contributed by atoms with Crippen LogP contribution in [0.2, 0.25) is 0 Å². The zero-order chi connectivity index (χ0) is 18.5. The van der Waals surface area contributed by atoms with Crippen LogP contribution in [0.25, 0.3) is 0 Å². The fourth-order valence-corrected chi connectivity index (χ4v) is 2.96. The van der Waals surface area contributed by atoms with E-state index in [1.165, 1.54) is 6.07 Å². The van der Waals surface area contributed by atoms with Crippen molar-refractivity contribution in [3.63, 3.8) is 0 Å². The summed E-state index contributed by atoms with van der Waals surface area (Å²) in [6.45, 7) is 2.50. The molecular weight excluding hydrogens is 333 g/mol. The summed E-state index contributed by atoms with van der Waals surface area (Å²) < 4.78 is 24.8. The molecule has 1 saturated carbocycles. The standard InChI is InChI=1S/C20H24FN3O2/c1-4-26-18-10-9-13(11-19(18)25-3)23-20(22-2)24-17-12-15(17)14-7-5-6-8-16(14)21/h5-11,15,17H,4,12H2,1-3H3,(H2,22,23,24). The Morgan fingerprint density at radius 2 is 2.04 bits per heavy atom. The van der Waals surface area contributed by atoms with Crippen LogP contribution in [0.15, 0.2) is 47.5 Å². The third kappa shape index (κ3) is 4.07. The van der Waals surface area contributed by atoms with E-state index in [1.807, 2.05) is 37.3 Å². The Kier molecular flexibility index (Phi) is 5.61. The van der Waals surface area contributed by atoms with Crippen molar-refractivity contribution in [1.82, 2.24) is 5.32 Å². The van der Waals surface area contributed by atoms with Crippen LogP contribution in [0.1, 0.15) is 24.8 Å². The fraction of sp³-hybridized carbons (Fsp3) is 0.350. The van der Waals surface area contributed by atoms with Crippen LogP contribution in [0.4, 0.5) is 10.1 Å². The van der Waals surface area contributed by atoms with Crippen molar-refractivity contribution in [3.05, 3.63) is 53.8 Å². The van der Waals surface area contributed by atoms with E-state index in [1.54, 1.807) is 20.2 Å². The quantitative estimate of drug-likeness (QED) is 0.610. The molecular formula is C20H24FN3O2.